The number of nitrogens with two attached hydrogens (primary N) is 1. The van der Waals surface area contributed by atoms with Crippen LogP contribution in [-0.2, 0) is 9.59 Å². The van der Waals surface area contributed by atoms with Gasteiger partial charge in [0.05, 0.1) is 11.9 Å². The minimum absolute atomic E-state index is 0.139. The monoisotopic (exact) mass is 648 g/mol. The SMILES string of the molecule is C=N/C=C(\O)c1ccccc1.CC.CCC1CN(C(=N/C=C(\C)C(=O)NC)C(C)=N)CCN1C1CCN(C=O)CC1.CCl.CN. The predicted octanol–water partition coefficient (Wildman–Crippen LogP) is 4.79. The number of aliphatic hydroxyl groups is 1. The van der Waals surface area contributed by atoms with Crippen LogP contribution >= 0.6 is 11.6 Å². The minimum atomic E-state index is -0.163. The van der Waals surface area contributed by atoms with E-state index in [1.165, 1.54) is 19.6 Å². The number of aliphatic imine (C=N–C) groups is 2. The number of piperazine rings is 1. The molecule has 0 saturated carbocycles. The van der Waals surface area contributed by atoms with Crippen molar-refractivity contribution < 1.29 is 14.7 Å². The van der Waals surface area contributed by atoms with Crippen LogP contribution in [0.1, 0.15) is 59.4 Å². The van der Waals surface area contributed by atoms with Gasteiger partial charge in [0.15, 0.2) is 0 Å². The van der Waals surface area contributed by atoms with E-state index >= 15 is 0 Å². The zero-order valence-electron chi connectivity index (χ0n) is 28.6. The largest absolute Gasteiger partial charge is 0.506 e. The first kappa shape index (κ1) is 43.6. The second-order valence-electron chi connectivity index (χ2n) is 9.65. The van der Waals surface area contributed by atoms with Crippen molar-refractivity contribution >= 4 is 47.9 Å². The number of piperidine rings is 1. The first-order valence-corrected chi connectivity index (χ1v) is 16.1. The molecule has 1 unspecified atom stereocenters. The van der Waals surface area contributed by atoms with Crippen LogP contribution in [0, 0.1) is 5.41 Å². The number of hydrogen-bond acceptors (Lipinski definition) is 8. The fourth-order valence-electron chi connectivity index (χ4n) is 4.83. The number of nitrogens with one attached hydrogen (secondary N) is 2. The fraction of sp³-hybridized carbons (Fsp3) is 0.545. The first-order valence-electron chi connectivity index (χ1n) is 15.3. The molecule has 2 heterocycles. The number of amides is 2. The Bertz CT molecular complexity index is 1070. The summed E-state index contributed by atoms with van der Waals surface area (Å²) >= 11 is 4.64. The van der Waals surface area contributed by atoms with Gasteiger partial charge >= 0.3 is 0 Å². The molecular formula is C33H57ClN8O3. The molecule has 2 aliphatic heterocycles. The number of nitrogens with zero attached hydrogens (tertiary/aromatic N) is 5. The number of carbonyl (C=O) groups is 2. The van der Waals surface area contributed by atoms with Gasteiger partial charge in [-0.2, -0.15) is 0 Å². The molecule has 0 aromatic heterocycles. The van der Waals surface area contributed by atoms with E-state index in [4.69, 9.17) is 5.41 Å². The number of aliphatic hydroxyl groups excluding tert-OH is 1. The normalized spacial score (nSPS) is 17.4. The van der Waals surface area contributed by atoms with Gasteiger partial charge in [-0.15, -0.1) is 11.6 Å². The molecule has 11 nitrogen and oxygen atoms in total. The lowest BCUT2D eigenvalue weighted by Crippen LogP contribution is -2.59. The molecular weight excluding hydrogens is 592 g/mol. The molecule has 12 heteroatoms. The van der Waals surface area contributed by atoms with Gasteiger partial charge in [0, 0.05) is 75.6 Å². The van der Waals surface area contributed by atoms with E-state index in [9.17, 15) is 14.7 Å². The van der Waals surface area contributed by atoms with Crippen molar-refractivity contribution in [2.75, 3.05) is 53.2 Å². The summed E-state index contributed by atoms with van der Waals surface area (Å²) in [6.07, 6.45) is 8.36. The summed E-state index contributed by atoms with van der Waals surface area (Å²) in [6, 6.07) is 10.1. The average molecular weight is 649 g/mol. The van der Waals surface area contributed by atoms with Crippen molar-refractivity contribution in [3.8, 4) is 0 Å². The number of likely N-dealkylation sites (N-methyl/N-ethyl adjacent to an activating group) is 1. The van der Waals surface area contributed by atoms with Crippen molar-refractivity contribution in [2.24, 2.45) is 15.7 Å². The van der Waals surface area contributed by atoms with Crippen molar-refractivity contribution in [2.45, 2.75) is 66.0 Å². The van der Waals surface area contributed by atoms with Crippen molar-refractivity contribution in [1.82, 2.24) is 20.0 Å². The molecule has 1 atom stereocenters. The van der Waals surface area contributed by atoms with E-state index in [1.54, 1.807) is 39.2 Å². The Hall–Kier alpha value is -3.54. The second-order valence-corrected chi connectivity index (χ2v) is 9.65. The lowest BCUT2D eigenvalue weighted by molar-refractivity contribution is -0.120. The van der Waals surface area contributed by atoms with Gasteiger partial charge in [-0.3, -0.25) is 19.5 Å². The number of amidine groups is 1. The summed E-state index contributed by atoms with van der Waals surface area (Å²) in [6.45, 7) is 17.1. The van der Waals surface area contributed by atoms with Crippen LogP contribution in [0.3, 0.4) is 0 Å². The molecule has 45 heavy (non-hydrogen) atoms. The topological polar surface area (TPSA) is 151 Å². The third kappa shape index (κ3) is 15.8. The molecule has 1 aromatic carbocycles. The van der Waals surface area contributed by atoms with Gasteiger partial charge in [-0.1, -0.05) is 51.1 Å². The molecule has 0 radical (unpaired) electrons. The number of likely N-dealkylation sites (tertiary alicyclic amines) is 1. The van der Waals surface area contributed by atoms with Crippen molar-refractivity contribution in [1.29, 1.82) is 5.41 Å². The highest BCUT2D eigenvalue weighted by molar-refractivity contribution is 6.39. The molecule has 2 fully saturated rings. The van der Waals surface area contributed by atoms with Gasteiger partial charge in [-0.25, -0.2) is 4.99 Å². The first-order chi connectivity index (χ1) is 21.7. The number of hydrogen-bond donors (Lipinski definition) is 4. The average Bonchev–Trinajstić information content (AvgIpc) is 3.11. The predicted molar refractivity (Wildman–Crippen MR) is 192 cm³/mol. The molecule has 5 N–H and O–H groups in total. The third-order valence-electron chi connectivity index (χ3n) is 7.00. The molecule has 1 aromatic rings. The number of alkyl halides is 1. The van der Waals surface area contributed by atoms with Gasteiger partial charge in [0.1, 0.15) is 11.6 Å². The molecule has 2 saturated heterocycles. The van der Waals surface area contributed by atoms with E-state index in [1.807, 2.05) is 36.9 Å². The Morgan fingerprint density at radius 2 is 1.69 bits per heavy atom. The zero-order chi connectivity index (χ0) is 34.8. The minimum Gasteiger partial charge on any atom is -0.506 e. The van der Waals surface area contributed by atoms with Crippen LogP contribution in [0.5, 0.6) is 0 Å². The highest BCUT2D eigenvalue weighted by Crippen LogP contribution is 2.23. The molecule has 2 amide bonds. The highest BCUT2D eigenvalue weighted by atomic mass is 35.5. The van der Waals surface area contributed by atoms with Crippen LogP contribution in [0.4, 0.5) is 0 Å². The van der Waals surface area contributed by atoms with Crippen LogP contribution in [0.2, 0.25) is 0 Å². The van der Waals surface area contributed by atoms with Gasteiger partial charge in [0.2, 0.25) is 12.3 Å². The van der Waals surface area contributed by atoms with E-state index < -0.39 is 0 Å². The Balaban J connectivity index is 0. The van der Waals surface area contributed by atoms with Crippen LogP contribution < -0.4 is 11.1 Å². The maximum absolute atomic E-state index is 11.7. The Labute approximate surface area is 276 Å². The quantitative estimate of drug-likeness (QED) is 0.0795. The summed E-state index contributed by atoms with van der Waals surface area (Å²) in [7, 11) is 3.09. The number of carbonyl (C=O) groups excluding carboxylic acids is 2. The molecule has 0 aliphatic carbocycles. The lowest BCUT2D eigenvalue weighted by atomic mass is 9.98. The van der Waals surface area contributed by atoms with E-state index in [0.717, 1.165) is 64.0 Å². The lowest BCUT2D eigenvalue weighted by Gasteiger charge is -2.47. The van der Waals surface area contributed by atoms with Crippen LogP contribution in [0.25, 0.3) is 5.76 Å². The van der Waals surface area contributed by atoms with E-state index in [-0.39, 0.29) is 11.7 Å². The summed E-state index contributed by atoms with van der Waals surface area (Å²) in [5.41, 5.74) is 6.18. The standard InChI is InChI=1S/C20H34N6O2.C9H9NO.C2H6.CH3Cl.CH5N/c1-5-17-13-25(19(16(3)21)23-12-15(2)20(28)22-4)10-11-26(17)18-6-8-24(14-27)9-7-18;1-10-7-9(11)8-5-3-2-4-6-8;3*1-2/h12,14,17-18,21H,5-11,13H2,1-4H3,(H,22,28);2-7,11H,1H2;1-2H3;1H3;2H2,1H3/b15-12+,21-16?,23-19?;9-7-;;;. The molecule has 3 rings (SSSR count). The van der Waals surface area contributed by atoms with Crippen LogP contribution in [-0.4, -0.2) is 116 Å². The second kappa shape index (κ2) is 26.8. The molecule has 254 valence electrons. The molecule has 0 bridgehead atoms. The van der Waals surface area contributed by atoms with E-state index in [0.29, 0.717) is 29.2 Å². The van der Waals surface area contributed by atoms with Gasteiger partial charge in [-0.05, 0) is 46.9 Å². The smallest absolute Gasteiger partial charge is 0.248 e. The summed E-state index contributed by atoms with van der Waals surface area (Å²) in [4.78, 5) is 37.2. The van der Waals surface area contributed by atoms with E-state index in [2.05, 4.69) is 56.1 Å². The number of halogens is 1. The maximum Gasteiger partial charge on any atom is 0.248 e. The Morgan fingerprint density at radius 3 is 2.16 bits per heavy atom. The summed E-state index contributed by atoms with van der Waals surface area (Å²) < 4.78 is 0. The zero-order valence-corrected chi connectivity index (χ0v) is 29.3. The summed E-state index contributed by atoms with van der Waals surface area (Å²) in [5, 5.41) is 20.0. The van der Waals surface area contributed by atoms with Crippen LogP contribution in [0.15, 0.2) is 58.3 Å². The van der Waals surface area contributed by atoms with Crippen molar-refractivity contribution in [3.05, 3.63) is 53.9 Å². The fourth-order valence-corrected chi connectivity index (χ4v) is 4.83. The highest BCUT2D eigenvalue weighted by Gasteiger charge is 2.34. The number of rotatable bonds is 8. The van der Waals surface area contributed by atoms with Gasteiger partial charge < -0.3 is 31.4 Å². The number of benzene rings is 1. The Morgan fingerprint density at radius 1 is 1.11 bits per heavy atom. The van der Waals surface area contributed by atoms with Crippen molar-refractivity contribution in [3.63, 3.8) is 0 Å². The maximum atomic E-state index is 11.7. The third-order valence-corrected chi connectivity index (χ3v) is 7.00. The Kier molecular flexibility index (Phi) is 26.0. The summed E-state index contributed by atoms with van der Waals surface area (Å²) in [5.74, 6) is 0.612. The van der Waals surface area contributed by atoms with Gasteiger partial charge in [0.25, 0.3) is 0 Å². The molecule has 2 aliphatic rings. The molecule has 0 spiro atoms.